The molecule has 1 rings (SSSR count). The number of nitrogens with one attached hydrogen (secondary N) is 3. The van der Waals surface area contributed by atoms with Gasteiger partial charge in [-0.05, 0) is 18.4 Å². The van der Waals surface area contributed by atoms with Crippen LogP contribution < -0.4 is 16.0 Å². The minimum atomic E-state index is -0.927. The van der Waals surface area contributed by atoms with Crippen molar-refractivity contribution in [2.45, 2.75) is 44.3 Å². The van der Waals surface area contributed by atoms with Crippen LogP contribution in [-0.4, -0.2) is 61.8 Å². The van der Waals surface area contributed by atoms with Crippen molar-refractivity contribution in [3.05, 3.63) is 37.0 Å². The number of aliphatic hydroxyl groups excluding tert-OH is 1. The lowest BCUT2D eigenvalue weighted by Crippen LogP contribution is -2.44. The molecule has 2 atom stereocenters. The molecule has 0 aliphatic heterocycles. The van der Waals surface area contributed by atoms with Gasteiger partial charge in [-0.2, -0.15) is 0 Å². The van der Waals surface area contributed by atoms with Crippen LogP contribution >= 0.6 is 0 Å². The van der Waals surface area contributed by atoms with Gasteiger partial charge in [-0.3, -0.25) is 14.4 Å². The van der Waals surface area contributed by atoms with E-state index in [1.54, 1.807) is 18.2 Å². The summed E-state index contributed by atoms with van der Waals surface area (Å²) in [5.41, 5.74) is 0.789. The number of hydrogen-bond acceptors (Lipinski definition) is 5. The van der Waals surface area contributed by atoms with Crippen LogP contribution in [0.2, 0.25) is 0 Å². The van der Waals surface area contributed by atoms with Gasteiger partial charge in [0.05, 0.1) is 12.6 Å². The average Bonchev–Trinajstić information content (AvgIpc) is 3.26. The maximum atomic E-state index is 12.2. The van der Waals surface area contributed by atoms with Crippen LogP contribution in [0.25, 0.3) is 0 Å². The molecule has 1 aliphatic rings. The summed E-state index contributed by atoms with van der Waals surface area (Å²) in [6.07, 6.45) is 6.95. The number of allylic oxidation sites excluding steroid dienone is 2. The van der Waals surface area contributed by atoms with Gasteiger partial charge in [0.1, 0.15) is 6.10 Å². The first-order valence-electron chi connectivity index (χ1n) is 9.88. The first kappa shape index (κ1) is 24.6. The minimum Gasteiger partial charge on any atom is -0.391 e. The van der Waals surface area contributed by atoms with Crippen molar-refractivity contribution in [1.29, 1.82) is 0 Å². The summed E-state index contributed by atoms with van der Waals surface area (Å²) in [5, 5.41) is 18.0. The van der Waals surface area contributed by atoms with Crippen LogP contribution in [-0.2, 0) is 19.1 Å². The van der Waals surface area contributed by atoms with Crippen molar-refractivity contribution in [2.75, 3.05) is 26.7 Å². The molecule has 0 aromatic carbocycles. The molecule has 8 heteroatoms. The molecule has 4 N–H and O–H groups in total. The van der Waals surface area contributed by atoms with E-state index in [0.29, 0.717) is 0 Å². The molecule has 0 unspecified atom stereocenters. The van der Waals surface area contributed by atoms with Gasteiger partial charge in [0.15, 0.2) is 0 Å². The smallest absolute Gasteiger partial charge is 0.249 e. The predicted molar refractivity (Wildman–Crippen MR) is 111 cm³/mol. The lowest BCUT2D eigenvalue weighted by atomic mass is 10.1. The lowest BCUT2D eigenvalue weighted by molar-refractivity contribution is -0.134. The van der Waals surface area contributed by atoms with Crippen LogP contribution in [0.1, 0.15) is 32.1 Å². The molecule has 0 aromatic heterocycles. The number of ether oxygens (including phenoxy) is 1. The highest BCUT2D eigenvalue weighted by atomic mass is 16.5. The van der Waals surface area contributed by atoms with Crippen LogP contribution in [0.5, 0.6) is 0 Å². The highest BCUT2D eigenvalue weighted by Gasteiger charge is 2.25. The Hall–Kier alpha value is -2.45. The third-order valence-electron chi connectivity index (χ3n) is 4.81. The summed E-state index contributed by atoms with van der Waals surface area (Å²) in [5.74, 6) is -0.907. The van der Waals surface area contributed by atoms with Crippen molar-refractivity contribution in [2.24, 2.45) is 5.92 Å². The Bertz CT molecular complexity index is 611. The Labute approximate surface area is 172 Å². The van der Waals surface area contributed by atoms with Crippen molar-refractivity contribution >= 4 is 17.7 Å². The summed E-state index contributed by atoms with van der Waals surface area (Å²) in [6, 6.07) is 0. The Morgan fingerprint density at radius 2 is 1.83 bits per heavy atom. The fraction of sp³-hybridized carbons (Fsp3) is 0.571. The molecule has 0 bridgehead atoms. The fourth-order valence-electron chi connectivity index (χ4n) is 3.09. The molecule has 29 heavy (non-hydrogen) atoms. The first-order chi connectivity index (χ1) is 13.9. The van der Waals surface area contributed by atoms with E-state index in [2.05, 4.69) is 29.1 Å². The van der Waals surface area contributed by atoms with E-state index in [0.717, 1.165) is 31.3 Å². The van der Waals surface area contributed by atoms with Gasteiger partial charge in [-0.15, -0.1) is 0 Å². The van der Waals surface area contributed by atoms with E-state index < -0.39 is 18.1 Å². The van der Waals surface area contributed by atoms with E-state index in [1.165, 1.54) is 7.11 Å². The van der Waals surface area contributed by atoms with Gasteiger partial charge >= 0.3 is 0 Å². The Morgan fingerprint density at radius 3 is 2.41 bits per heavy atom. The van der Waals surface area contributed by atoms with E-state index >= 15 is 0 Å². The maximum Gasteiger partial charge on any atom is 0.249 e. The monoisotopic (exact) mass is 407 g/mol. The molecule has 0 heterocycles. The summed E-state index contributed by atoms with van der Waals surface area (Å²) in [7, 11) is 1.35. The van der Waals surface area contributed by atoms with Gasteiger partial charge in [-0.25, -0.2) is 0 Å². The number of amides is 3. The van der Waals surface area contributed by atoms with Crippen molar-refractivity contribution < 1.29 is 24.2 Å². The summed E-state index contributed by atoms with van der Waals surface area (Å²) in [4.78, 5) is 36.1. The second kappa shape index (κ2) is 13.7. The van der Waals surface area contributed by atoms with Crippen LogP contribution in [0, 0.1) is 5.92 Å². The van der Waals surface area contributed by atoms with Crippen LogP contribution in [0.15, 0.2) is 37.0 Å². The maximum absolute atomic E-state index is 12.2. The van der Waals surface area contributed by atoms with Gasteiger partial charge in [0.2, 0.25) is 17.7 Å². The number of hydrogen-bond donors (Lipinski definition) is 4. The number of aliphatic hydroxyl groups is 1. The highest BCUT2D eigenvalue weighted by Crippen LogP contribution is 2.24. The topological polar surface area (TPSA) is 117 Å². The largest absolute Gasteiger partial charge is 0.391 e. The second-order valence-electron chi connectivity index (χ2n) is 7.02. The number of carbonyl (C=O) groups is 3. The lowest BCUT2D eigenvalue weighted by Gasteiger charge is -2.19. The molecular formula is C21H33N3O5. The van der Waals surface area contributed by atoms with Crippen LogP contribution in [0.3, 0.4) is 0 Å². The summed E-state index contributed by atoms with van der Waals surface area (Å²) in [6.45, 7) is 7.33. The van der Waals surface area contributed by atoms with E-state index in [9.17, 15) is 19.5 Å². The van der Waals surface area contributed by atoms with Gasteiger partial charge in [0.25, 0.3) is 0 Å². The summed E-state index contributed by atoms with van der Waals surface area (Å²) < 4.78 is 5.12. The van der Waals surface area contributed by atoms with Gasteiger partial charge < -0.3 is 25.8 Å². The normalized spacial score (nSPS) is 16.6. The van der Waals surface area contributed by atoms with Crippen molar-refractivity contribution in [3.8, 4) is 0 Å². The zero-order valence-corrected chi connectivity index (χ0v) is 17.1. The SMILES string of the molecule is C=C/C=C(\C=C)CNC(=O)CNC(=O)[C@@H](C[C@H](O)CNC(=O)C1CCCC1)OC. The second-order valence-corrected chi connectivity index (χ2v) is 7.02. The third-order valence-corrected chi connectivity index (χ3v) is 4.81. The molecule has 0 radical (unpaired) electrons. The van der Waals surface area contributed by atoms with Crippen LogP contribution in [0.4, 0.5) is 0 Å². The molecule has 0 spiro atoms. The molecule has 1 saturated carbocycles. The Morgan fingerprint density at radius 1 is 1.14 bits per heavy atom. The first-order valence-corrected chi connectivity index (χ1v) is 9.88. The molecule has 0 aromatic rings. The fourth-order valence-corrected chi connectivity index (χ4v) is 3.09. The summed E-state index contributed by atoms with van der Waals surface area (Å²) >= 11 is 0. The standard InChI is InChI=1S/C21H33N3O5/c1-4-8-15(5-2)12-22-19(26)14-24-21(28)18(29-3)11-17(25)13-23-20(27)16-9-6-7-10-16/h4-5,8,16-18,25H,1-2,6-7,9-14H2,3H3,(H,22,26)(H,23,27)(H,24,28)/b15-8+/t17-,18+/m0/s1. The highest BCUT2D eigenvalue weighted by molar-refractivity contribution is 5.87. The van der Waals surface area contributed by atoms with E-state index in [1.807, 2.05) is 0 Å². The molecular weight excluding hydrogens is 374 g/mol. The Kier molecular flexibility index (Phi) is 11.6. The zero-order valence-electron chi connectivity index (χ0n) is 17.1. The van der Waals surface area contributed by atoms with Crippen molar-refractivity contribution in [1.82, 2.24) is 16.0 Å². The molecule has 1 aliphatic carbocycles. The Balaban J connectivity index is 2.33. The third kappa shape index (κ3) is 9.54. The number of methoxy groups -OCH3 is 1. The number of carbonyl (C=O) groups excluding carboxylic acids is 3. The average molecular weight is 408 g/mol. The van der Waals surface area contributed by atoms with Gasteiger partial charge in [-0.1, -0.05) is 44.2 Å². The molecule has 1 fully saturated rings. The molecule has 162 valence electrons. The number of rotatable bonds is 13. The minimum absolute atomic E-state index is 0.0115. The van der Waals surface area contributed by atoms with Gasteiger partial charge in [0, 0.05) is 32.5 Å². The zero-order chi connectivity index (χ0) is 21.6. The molecule has 3 amide bonds. The molecule has 8 nitrogen and oxygen atoms in total. The molecule has 0 saturated heterocycles. The predicted octanol–water partition coefficient (Wildman–Crippen LogP) is 0.590. The van der Waals surface area contributed by atoms with Crippen molar-refractivity contribution in [3.63, 3.8) is 0 Å². The van der Waals surface area contributed by atoms with E-state index in [-0.39, 0.29) is 43.8 Å². The quantitative estimate of drug-likeness (QED) is 0.334. The van der Waals surface area contributed by atoms with E-state index in [4.69, 9.17) is 4.74 Å².